The van der Waals surface area contributed by atoms with Crippen LogP contribution in [-0.4, -0.2) is 53.1 Å². The maximum atomic E-state index is 13.0. The zero-order valence-electron chi connectivity index (χ0n) is 17.9. The number of fused-ring (bicyclic) bond motifs is 3. The SMILES string of the molecule is Cc1cc(-c2cc(C(N)=O)c3[nH]c4c(c3c2)=CCC(C(=O)N2CCOCC2)C=4)ccc1O. The maximum Gasteiger partial charge on any atom is 0.250 e. The van der Waals surface area contributed by atoms with E-state index in [9.17, 15) is 14.7 Å². The minimum Gasteiger partial charge on any atom is -0.508 e. The second-order valence-corrected chi connectivity index (χ2v) is 8.41. The molecule has 1 aromatic heterocycles. The van der Waals surface area contributed by atoms with Crippen LogP contribution >= 0.6 is 0 Å². The fourth-order valence-corrected chi connectivity index (χ4v) is 4.59. The van der Waals surface area contributed by atoms with Gasteiger partial charge < -0.3 is 25.5 Å². The van der Waals surface area contributed by atoms with Gasteiger partial charge in [0.25, 0.3) is 5.91 Å². The molecule has 0 bridgehead atoms. The van der Waals surface area contributed by atoms with E-state index in [0.717, 1.165) is 32.6 Å². The van der Waals surface area contributed by atoms with E-state index in [-0.39, 0.29) is 17.6 Å². The van der Waals surface area contributed by atoms with Crippen molar-refractivity contribution in [2.45, 2.75) is 13.3 Å². The summed E-state index contributed by atoms with van der Waals surface area (Å²) in [7, 11) is 0. The molecular formula is C25H25N3O4. The van der Waals surface area contributed by atoms with Gasteiger partial charge in [-0.15, -0.1) is 0 Å². The molecule has 2 aliphatic rings. The molecule has 7 nitrogen and oxygen atoms in total. The van der Waals surface area contributed by atoms with Gasteiger partial charge in [0, 0.05) is 29.0 Å². The molecule has 1 unspecified atom stereocenters. The average molecular weight is 431 g/mol. The molecule has 0 saturated carbocycles. The first-order valence-electron chi connectivity index (χ1n) is 10.8. The summed E-state index contributed by atoms with van der Waals surface area (Å²) < 4.78 is 5.35. The third-order valence-corrected chi connectivity index (χ3v) is 6.36. The molecule has 1 atom stereocenters. The molecule has 7 heteroatoms. The first-order chi connectivity index (χ1) is 15.4. The van der Waals surface area contributed by atoms with Gasteiger partial charge >= 0.3 is 0 Å². The van der Waals surface area contributed by atoms with Gasteiger partial charge in [0.15, 0.2) is 0 Å². The minimum absolute atomic E-state index is 0.101. The summed E-state index contributed by atoms with van der Waals surface area (Å²) >= 11 is 0. The molecule has 1 aliphatic carbocycles. The van der Waals surface area contributed by atoms with Gasteiger partial charge in [-0.1, -0.05) is 12.1 Å². The molecule has 2 heterocycles. The van der Waals surface area contributed by atoms with Crippen LogP contribution in [0.2, 0.25) is 0 Å². The third kappa shape index (κ3) is 3.44. The number of nitrogens with zero attached hydrogens (tertiary/aromatic N) is 1. The highest BCUT2D eigenvalue weighted by molar-refractivity contribution is 6.07. The number of amides is 2. The van der Waals surface area contributed by atoms with Gasteiger partial charge in [-0.2, -0.15) is 0 Å². The summed E-state index contributed by atoms with van der Waals surface area (Å²) in [5, 5.41) is 12.6. The van der Waals surface area contributed by atoms with E-state index in [2.05, 4.69) is 11.1 Å². The Kier molecular flexibility index (Phi) is 4.98. The van der Waals surface area contributed by atoms with E-state index in [1.54, 1.807) is 12.1 Å². The summed E-state index contributed by atoms with van der Waals surface area (Å²) in [5.41, 5.74) is 9.28. The number of phenolic OH excluding ortho intramolecular Hbond substituents is 1. The van der Waals surface area contributed by atoms with E-state index in [4.69, 9.17) is 10.5 Å². The van der Waals surface area contributed by atoms with Crippen LogP contribution in [-0.2, 0) is 9.53 Å². The third-order valence-electron chi connectivity index (χ3n) is 6.36. The second-order valence-electron chi connectivity index (χ2n) is 8.41. The van der Waals surface area contributed by atoms with Gasteiger partial charge in [0.1, 0.15) is 5.75 Å². The fraction of sp³-hybridized carbons (Fsp3) is 0.280. The highest BCUT2D eigenvalue weighted by Gasteiger charge is 2.25. The molecule has 164 valence electrons. The first kappa shape index (κ1) is 20.3. The Balaban J connectivity index is 1.62. The Morgan fingerprint density at radius 1 is 1.16 bits per heavy atom. The molecule has 2 amide bonds. The lowest BCUT2D eigenvalue weighted by molar-refractivity contribution is -0.137. The van der Waals surface area contributed by atoms with Crippen molar-refractivity contribution in [1.29, 1.82) is 0 Å². The zero-order valence-corrected chi connectivity index (χ0v) is 17.9. The molecular weight excluding hydrogens is 406 g/mol. The number of hydrogen-bond acceptors (Lipinski definition) is 4. The van der Waals surface area contributed by atoms with Crippen LogP contribution in [0.1, 0.15) is 22.3 Å². The number of nitrogens with two attached hydrogens (primary N) is 1. The number of carbonyl (C=O) groups is 2. The number of phenols is 1. The van der Waals surface area contributed by atoms with E-state index < -0.39 is 5.91 Å². The van der Waals surface area contributed by atoms with Crippen LogP contribution in [0.4, 0.5) is 0 Å². The fourth-order valence-electron chi connectivity index (χ4n) is 4.59. The van der Waals surface area contributed by atoms with E-state index in [0.29, 0.717) is 43.8 Å². The van der Waals surface area contributed by atoms with Crippen LogP contribution in [0.5, 0.6) is 5.75 Å². The van der Waals surface area contributed by atoms with Crippen LogP contribution < -0.4 is 16.3 Å². The van der Waals surface area contributed by atoms with Crippen molar-refractivity contribution >= 4 is 34.9 Å². The van der Waals surface area contributed by atoms with Crippen molar-refractivity contribution < 1.29 is 19.4 Å². The Hall–Kier alpha value is -3.58. The van der Waals surface area contributed by atoms with Gasteiger partial charge in [0.2, 0.25) is 5.91 Å². The number of aromatic hydroxyl groups is 1. The molecule has 1 aliphatic heterocycles. The van der Waals surface area contributed by atoms with Crippen molar-refractivity contribution in [1.82, 2.24) is 9.88 Å². The van der Waals surface area contributed by atoms with Crippen LogP contribution in [0.25, 0.3) is 34.2 Å². The summed E-state index contributed by atoms with van der Waals surface area (Å²) in [6.07, 6.45) is 4.63. The van der Waals surface area contributed by atoms with Crippen LogP contribution in [0, 0.1) is 12.8 Å². The van der Waals surface area contributed by atoms with Gasteiger partial charge in [-0.25, -0.2) is 0 Å². The number of primary amides is 1. The standard InChI is InChI=1S/C25H25N3O4/c1-14-10-15(3-5-22(14)29)17-11-19-18-4-2-16(25(31)28-6-8-32-9-7-28)13-21(18)27-23(19)20(12-17)24(26)30/h3-5,10-13,16,27,29H,2,6-9H2,1H3,(H2,26,30). The summed E-state index contributed by atoms with van der Waals surface area (Å²) in [6.45, 7) is 4.20. The number of aromatic nitrogens is 1. The Bertz CT molecular complexity index is 1370. The quantitative estimate of drug-likeness (QED) is 0.582. The number of carbonyl (C=O) groups excluding carboxylic acids is 2. The van der Waals surface area contributed by atoms with Crippen molar-refractivity contribution in [3.8, 4) is 16.9 Å². The molecule has 3 aromatic rings. The normalized spacial score (nSPS) is 18.0. The summed E-state index contributed by atoms with van der Waals surface area (Å²) in [4.78, 5) is 30.4. The zero-order chi connectivity index (χ0) is 22.4. The number of ether oxygens (including phenoxy) is 1. The average Bonchev–Trinajstić information content (AvgIpc) is 3.18. The largest absolute Gasteiger partial charge is 0.508 e. The highest BCUT2D eigenvalue weighted by Crippen LogP contribution is 2.29. The topological polar surface area (TPSA) is 109 Å². The Morgan fingerprint density at radius 2 is 1.94 bits per heavy atom. The number of aromatic amines is 1. The predicted octanol–water partition coefficient (Wildman–Crippen LogP) is 1.39. The van der Waals surface area contributed by atoms with Gasteiger partial charge in [0.05, 0.1) is 30.2 Å². The van der Waals surface area contributed by atoms with Crippen LogP contribution in [0.3, 0.4) is 0 Å². The molecule has 2 aromatic carbocycles. The molecule has 32 heavy (non-hydrogen) atoms. The number of hydrogen-bond donors (Lipinski definition) is 3. The van der Waals surface area contributed by atoms with Crippen molar-refractivity contribution in [3.05, 3.63) is 52.0 Å². The molecule has 1 saturated heterocycles. The minimum atomic E-state index is -0.521. The summed E-state index contributed by atoms with van der Waals surface area (Å²) in [5.74, 6) is -0.441. The maximum absolute atomic E-state index is 13.0. The van der Waals surface area contributed by atoms with Crippen molar-refractivity contribution in [2.24, 2.45) is 11.7 Å². The number of benzene rings is 2. The number of morpholine rings is 1. The molecule has 1 fully saturated rings. The van der Waals surface area contributed by atoms with Gasteiger partial charge in [-0.3, -0.25) is 9.59 Å². The monoisotopic (exact) mass is 431 g/mol. The molecule has 5 rings (SSSR count). The lowest BCUT2D eigenvalue weighted by Crippen LogP contribution is -2.44. The number of nitrogens with one attached hydrogen (secondary N) is 1. The van der Waals surface area contributed by atoms with Crippen molar-refractivity contribution in [2.75, 3.05) is 26.3 Å². The first-order valence-corrected chi connectivity index (χ1v) is 10.8. The van der Waals surface area contributed by atoms with E-state index >= 15 is 0 Å². The molecule has 0 spiro atoms. The number of aryl methyl sites for hydroxylation is 1. The van der Waals surface area contributed by atoms with E-state index in [1.165, 1.54) is 0 Å². The van der Waals surface area contributed by atoms with Gasteiger partial charge in [-0.05, 0) is 60.4 Å². The molecule has 0 radical (unpaired) electrons. The number of rotatable bonds is 3. The van der Waals surface area contributed by atoms with E-state index in [1.807, 2.05) is 36.1 Å². The lowest BCUT2D eigenvalue weighted by atomic mass is 9.95. The molecule has 4 N–H and O–H groups in total. The number of H-pyrrole nitrogens is 1. The smallest absolute Gasteiger partial charge is 0.250 e. The Morgan fingerprint density at radius 3 is 2.66 bits per heavy atom. The predicted molar refractivity (Wildman–Crippen MR) is 122 cm³/mol. The highest BCUT2D eigenvalue weighted by atomic mass is 16.5. The lowest BCUT2D eigenvalue weighted by Gasteiger charge is -2.29. The van der Waals surface area contributed by atoms with Crippen LogP contribution in [0.15, 0.2) is 30.3 Å². The van der Waals surface area contributed by atoms with Crippen molar-refractivity contribution in [3.63, 3.8) is 0 Å². The second kappa shape index (κ2) is 7.84. The Labute approximate surface area is 184 Å². The summed E-state index contributed by atoms with van der Waals surface area (Å²) in [6, 6.07) is 9.15.